The van der Waals surface area contributed by atoms with E-state index in [-0.39, 0.29) is 10.8 Å². The van der Waals surface area contributed by atoms with Crippen molar-refractivity contribution in [3.8, 4) is 0 Å². The summed E-state index contributed by atoms with van der Waals surface area (Å²) in [5.41, 5.74) is 2.32. The van der Waals surface area contributed by atoms with Crippen molar-refractivity contribution in [2.75, 3.05) is 17.0 Å². The first-order valence-electron chi connectivity index (χ1n) is 9.96. The maximum Gasteiger partial charge on any atom is 0.262 e. The molecule has 0 aliphatic heterocycles. The Bertz CT molecular complexity index is 968. The van der Waals surface area contributed by atoms with Crippen molar-refractivity contribution < 1.29 is 13.2 Å². The number of carbonyl (C=O) groups is 1. The van der Waals surface area contributed by atoms with Gasteiger partial charge >= 0.3 is 0 Å². The van der Waals surface area contributed by atoms with Gasteiger partial charge in [-0.2, -0.15) is 11.8 Å². The van der Waals surface area contributed by atoms with E-state index in [1.54, 1.807) is 31.2 Å². The van der Waals surface area contributed by atoms with Gasteiger partial charge in [-0.25, -0.2) is 8.42 Å². The highest BCUT2D eigenvalue weighted by Gasteiger charge is 2.20. The van der Waals surface area contributed by atoms with Gasteiger partial charge < -0.3 is 5.32 Å². The molecule has 3 rings (SSSR count). The molecule has 1 aliphatic rings. The van der Waals surface area contributed by atoms with Crippen LogP contribution in [0.5, 0.6) is 0 Å². The van der Waals surface area contributed by atoms with Gasteiger partial charge in [0.15, 0.2) is 0 Å². The quantitative estimate of drug-likeness (QED) is 0.602. The number of benzene rings is 2. The van der Waals surface area contributed by atoms with Gasteiger partial charge in [-0.3, -0.25) is 9.52 Å². The first kappa shape index (κ1) is 21.7. The van der Waals surface area contributed by atoms with Crippen LogP contribution in [0.3, 0.4) is 0 Å². The number of aryl methyl sites for hydroxylation is 2. The monoisotopic (exact) mass is 432 g/mol. The molecule has 2 aromatic carbocycles. The molecule has 0 spiro atoms. The second kappa shape index (κ2) is 9.67. The molecule has 1 aliphatic carbocycles. The number of hydrogen-bond donors (Lipinski definition) is 2. The molecule has 0 atom stereocenters. The first-order valence-corrected chi connectivity index (χ1v) is 12.5. The van der Waals surface area contributed by atoms with Crippen LogP contribution in [0.4, 0.5) is 5.69 Å². The van der Waals surface area contributed by atoms with Gasteiger partial charge in [0.05, 0.1) is 10.6 Å². The van der Waals surface area contributed by atoms with Crippen LogP contribution in [0.2, 0.25) is 0 Å². The summed E-state index contributed by atoms with van der Waals surface area (Å²) in [6, 6.07) is 12.0. The maximum absolute atomic E-state index is 12.9. The maximum atomic E-state index is 12.9. The summed E-state index contributed by atoms with van der Waals surface area (Å²) in [5, 5.41) is 3.62. The minimum atomic E-state index is -3.79. The van der Waals surface area contributed by atoms with E-state index in [1.807, 2.05) is 30.8 Å². The molecule has 0 heterocycles. The molecule has 7 heteroatoms. The van der Waals surface area contributed by atoms with Crippen LogP contribution >= 0.6 is 11.8 Å². The van der Waals surface area contributed by atoms with Crippen molar-refractivity contribution in [2.45, 2.75) is 49.7 Å². The molecule has 1 saturated carbocycles. The van der Waals surface area contributed by atoms with Crippen LogP contribution in [-0.2, 0) is 10.0 Å². The third-order valence-electron chi connectivity index (χ3n) is 5.17. The smallest absolute Gasteiger partial charge is 0.262 e. The summed E-state index contributed by atoms with van der Waals surface area (Å²) in [6.45, 7) is 4.15. The lowest BCUT2D eigenvalue weighted by atomic mass is 10.1. The van der Waals surface area contributed by atoms with Gasteiger partial charge in [-0.15, -0.1) is 0 Å². The summed E-state index contributed by atoms with van der Waals surface area (Å²) in [6.07, 6.45) is 5.15. The lowest BCUT2D eigenvalue weighted by molar-refractivity contribution is 0.0956. The number of sulfonamides is 1. The van der Waals surface area contributed by atoms with E-state index in [0.717, 1.165) is 16.6 Å². The molecular formula is C22H28N2O3S2. The minimum Gasteiger partial charge on any atom is -0.351 e. The average Bonchev–Trinajstić information content (AvgIpc) is 3.20. The Morgan fingerprint density at radius 2 is 1.79 bits per heavy atom. The van der Waals surface area contributed by atoms with E-state index in [9.17, 15) is 13.2 Å². The number of hydrogen-bond acceptors (Lipinski definition) is 4. The van der Waals surface area contributed by atoms with Crippen molar-refractivity contribution in [3.05, 3.63) is 59.2 Å². The Morgan fingerprint density at radius 1 is 1.07 bits per heavy atom. The van der Waals surface area contributed by atoms with Gasteiger partial charge in [0.2, 0.25) is 0 Å². The molecule has 0 saturated heterocycles. The standard InChI is InChI=1S/C22H28N2O3S2/c1-16-7-3-6-10-20(16)24-29(26,27)21-15-18(12-11-17(21)2)22(25)23-13-14-28-19-8-4-5-9-19/h3,6-7,10-12,15,19,24H,4-5,8-9,13-14H2,1-2H3,(H,23,25). The minimum absolute atomic E-state index is 0.119. The Kier molecular flexibility index (Phi) is 7.24. The largest absolute Gasteiger partial charge is 0.351 e. The highest BCUT2D eigenvalue weighted by molar-refractivity contribution is 7.99. The number of amides is 1. The van der Waals surface area contributed by atoms with Crippen molar-refractivity contribution in [1.82, 2.24) is 5.32 Å². The van der Waals surface area contributed by atoms with Crippen molar-refractivity contribution in [3.63, 3.8) is 0 Å². The van der Waals surface area contributed by atoms with Crippen molar-refractivity contribution >= 4 is 33.4 Å². The highest BCUT2D eigenvalue weighted by atomic mass is 32.2. The number of thioether (sulfide) groups is 1. The summed E-state index contributed by atoms with van der Waals surface area (Å²) < 4.78 is 28.5. The second-order valence-corrected chi connectivity index (χ2v) is 10.5. The van der Waals surface area contributed by atoms with E-state index in [0.29, 0.717) is 23.4 Å². The van der Waals surface area contributed by atoms with Crippen LogP contribution < -0.4 is 10.0 Å². The van der Waals surface area contributed by atoms with Gasteiger partial charge in [0.1, 0.15) is 0 Å². The van der Waals surface area contributed by atoms with Crippen molar-refractivity contribution in [1.29, 1.82) is 0 Å². The van der Waals surface area contributed by atoms with Gasteiger partial charge in [-0.05, 0) is 56.0 Å². The summed E-state index contributed by atoms with van der Waals surface area (Å²) in [5.74, 6) is 0.631. The number of anilines is 1. The van der Waals surface area contributed by atoms with E-state index < -0.39 is 10.0 Å². The molecular weight excluding hydrogens is 404 g/mol. The molecule has 2 N–H and O–H groups in total. The van der Waals surface area contributed by atoms with Crippen LogP contribution in [0, 0.1) is 13.8 Å². The molecule has 0 bridgehead atoms. The zero-order valence-electron chi connectivity index (χ0n) is 16.9. The fraction of sp³-hybridized carbons (Fsp3) is 0.409. The Labute approximate surface area is 177 Å². The molecule has 156 valence electrons. The molecule has 0 aromatic heterocycles. The number of carbonyl (C=O) groups excluding carboxylic acids is 1. The van der Waals surface area contributed by atoms with E-state index in [2.05, 4.69) is 10.0 Å². The molecule has 1 fully saturated rings. The lowest BCUT2D eigenvalue weighted by Crippen LogP contribution is -2.26. The summed E-state index contributed by atoms with van der Waals surface area (Å²) in [7, 11) is -3.79. The number of nitrogens with one attached hydrogen (secondary N) is 2. The third-order valence-corrected chi connectivity index (χ3v) is 8.06. The van der Waals surface area contributed by atoms with E-state index in [1.165, 1.54) is 31.7 Å². The Balaban J connectivity index is 1.66. The molecule has 29 heavy (non-hydrogen) atoms. The first-order chi connectivity index (χ1) is 13.9. The normalized spacial score (nSPS) is 14.7. The summed E-state index contributed by atoms with van der Waals surface area (Å²) >= 11 is 1.91. The fourth-order valence-electron chi connectivity index (χ4n) is 3.47. The highest BCUT2D eigenvalue weighted by Crippen LogP contribution is 2.29. The van der Waals surface area contributed by atoms with Crippen LogP contribution in [0.15, 0.2) is 47.4 Å². The van der Waals surface area contributed by atoms with Gasteiger partial charge in [-0.1, -0.05) is 37.1 Å². The zero-order chi connectivity index (χ0) is 20.9. The zero-order valence-corrected chi connectivity index (χ0v) is 18.5. The van der Waals surface area contributed by atoms with Crippen LogP contribution in [0.25, 0.3) is 0 Å². The van der Waals surface area contributed by atoms with E-state index in [4.69, 9.17) is 0 Å². The second-order valence-electron chi connectivity index (χ2n) is 7.43. The van der Waals surface area contributed by atoms with Gasteiger partial charge in [0, 0.05) is 23.1 Å². The van der Waals surface area contributed by atoms with Crippen LogP contribution in [-0.4, -0.2) is 31.9 Å². The molecule has 5 nitrogen and oxygen atoms in total. The lowest BCUT2D eigenvalue weighted by Gasteiger charge is -2.14. The predicted octanol–water partition coefficient (Wildman–Crippen LogP) is 4.51. The molecule has 0 radical (unpaired) electrons. The predicted molar refractivity (Wildman–Crippen MR) is 120 cm³/mol. The van der Waals surface area contributed by atoms with Gasteiger partial charge in [0.25, 0.3) is 15.9 Å². The molecule has 2 aromatic rings. The molecule has 1 amide bonds. The average molecular weight is 433 g/mol. The number of para-hydroxylation sites is 1. The summed E-state index contributed by atoms with van der Waals surface area (Å²) in [4.78, 5) is 12.6. The van der Waals surface area contributed by atoms with Crippen molar-refractivity contribution in [2.24, 2.45) is 0 Å². The number of rotatable bonds is 8. The Hall–Kier alpha value is -1.99. The van der Waals surface area contributed by atoms with Crippen LogP contribution in [0.1, 0.15) is 47.2 Å². The third kappa shape index (κ3) is 5.76. The molecule has 0 unspecified atom stereocenters. The SMILES string of the molecule is Cc1ccccc1NS(=O)(=O)c1cc(C(=O)NCCSC2CCCC2)ccc1C. The van der Waals surface area contributed by atoms with E-state index >= 15 is 0 Å². The fourth-order valence-corrected chi connectivity index (χ4v) is 6.09. The topological polar surface area (TPSA) is 75.3 Å². The Morgan fingerprint density at radius 3 is 2.52 bits per heavy atom.